The van der Waals surface area contributed by atoms with Crippen molar-refractivity contribution in [3.8, 4) is 0 Å². The summed E-state index contributed by atoms with van der Waals surface area (Å²) in [5, 5.41) is 4.44. The molecule has 0 aliphatic carbocycles. The molecule has 1 heterocycles. The van der Waals surface area contributed by atoms with Gasteiger partial charge in [0.15, 0.2) is 0 Å². The Hall–Kier alpha value is -2.59. The number of pyridine rings is 1. The van der Waals surface area contributed by atoms with Gasteiger partial charge in [-0.05, 0) is 43.7 Å². The topological polar surface area (TPSA) is 51.2 Å². The fourth-order valence-corrected chi connectivity index (χ4v) is 2.62. The van der Waals surface area contributed by atoms with Crippen molar-refractivity contribution in [3.05, 3.63) is 65.4 Å². The molecule has 0 aliphatic rings. The Morgan fingerprint density at radius 2 is 1.83 bits per heavy atom. The van der Waals surface area contributed by atoms with Gasteiger partial charge in [-0.15, -0.1) is 0 Å². The number of aryl methyl sites for hydroxylation is 2. The molecule has 0 spiro atoms. The van der Waals surface area contributed by atoms with Crippen molar-refractivity contribution in [1.29, 1.82) is 0 Å². The average molecular weight is 342 g/mol. The van der Waals surface area contributed by atoms with Crippen molar-refractivity contribution in [1.82, 2.24) is 4.98 Å². The second-order valence-electron chi connectivity index (χ2n) is 5.48. The predicted molar refractivity (Wildman–Crippen MR) is 92.3 cm³/mol. The van der Waals surface area contributed by atoms with E-state index in [0.29, 0.717) is 5.56 Å². The zero-order chi connectivity index (χ0) is 16.4. The molecule has 24 heavy (non-hydrogen) atoms. The fraction of sp³-hybridized carbons (Fsp3) is 0.158. The number of halogens is 1. The molecule has 1 aromatic heterocycles. The monoisotopic (exact) mass is 341 g/mol. The number of carbonyl (C=O) groups is 1. The van der Waals surface area contributed by atoms with Gasteiger partial charge in [-0.1, -0.05) is 24.3 Å². The van der Waals surface area contributed by atoms with E-state index in [1.54, 1.807) is 12.1 Å². The summed E-state index contributed by atoms with van der Waals surface area (Å²) in [6, 6.07) is 15.4. The molecule has 0 saturated heterocycles. The van der Waals surface area contributed by atoms with Crippen LogP contribution in [0.1, 0.15) is 21.6 Å². The molecule has 0 unspecified atom stereocenters. The highest BCUT2D eigenvalue weighted by Crippen LogP contribution is 2.28. The molecule has 0 radical (unpaired) electrons. The second kappa shape index (κ2) is 7.32. The Morgan fingerprint density at radius 1 is 1.08 bits per heavy atom. The number of rotatable bonds is 3. The summed E-state index contributed by atoms with van der Waals surface area (Å²) < 4.78 is 4.77. The number of hydrogen-bond acceptors (Lipinski definition) is 4. The van der Waals surface area contributed by atoms with Crippen LogP contribution in [0, 0.1) is 13.8 Å². The quantitative estimate of drug-likeness (QED) is 0.731. The Bertz CT molecular complexity index is 894. The third-order valence-corrected chi connectivity index (χ3v) is 3.73. The first kappa shape index (κ1) is 17.8. The smallest absolute Gasteiger partial charge is 0.337 e. The molecule has 0 fully saturated rings. The molecule has 2 aromatic carbocycles. The van der Waals surface area contributed by atoms with Crippen LogP contribution < -0.4 is 17.7 Å². The lowest BCUT2D eigenvalue weighted by atomic mass is 10.1. The first-order chi connectivity index (χ1) is 11.1. The maximum atomic E-state index is 11.7. The minimum Gasteiger partial charge on any atom is -1.00 e. The molecule has 0 aliphatic heterocycles. The van der Waals surface area contributed by atoms with Crippen molar-refractivity contribution in [3.63, 3.8) is 0 Å². The first-order valence-corrected chi connectivity index (χ1v) is 7.41. The van der Waals surface area contributed by atoms with Gasteiger partial charge in [0.2, 0.25) is 0 Å². The van der Waals surface area contributed by atoms with Crippen LogP contribution in [0.2, 0.25) is 0 Å². The number of carbonyl (C=O) groups excluding carboxylic acids is 1. The minimum absolute atomic E-state index is 0. The largest absolute Gasteiger partial charge is 1.00 e. The van der Waals surface area contributed by atoms with Crippen LogP contribution in [0.3, 0.4) is 0 Å². The van der Waals surface area contributed by atoms with Gasteiger partial charge in [0.05, 0.1) is 18.2 Å². The number of para-hydroxylation sites is 1. The van der Waals surface area contributed by atoms with Crippen molar-refractivity contribution in [2.45, 2.75) is 13.8 Å². The molecule has 4 nitrogen and oxygen atoms in total. The van der Waals surface area contributed by atoms with E-state index in [-0.39, 0.29) is 18.4 Å². The number of anilines is 2. The van der Waals surface area contributed by atoms with Gasteiger partial charge in [-0.25, -0.2) is 4.79 Å². The van der Waals surface area contributed by atoms with Crippen LogP contribution in [-0.2, 0) is 4.74 Å². The van der Waals surface area contributed by atoms with Gasteiger partial charge < -0.3 is 22.5 Å². The molecular formula is C19H18ClN2O2-. The van der Waals surface area contributed by atoms with Crippen LogP contribution in [-0.4, -0.2) is 18.1 Å². The summed E-state index contributed by atoms with van der Waals surface area (Å²) >= 11 is 0. The van der Waals surface area contributed by atoms with E-state index >= 15 is 0 Å². The molecule has 124 valence electrons. The molecule has 0 atom stereocenters. The molecule has 5 heteroatoms. The average Bonchev–Trinajstić information content (AvgIpc) is 2.55. The maximum Gasteiger partial charge on any atom is 0.337 e. The number of nitrogens with zero attached hydrogens (tertiary/aromatic N) is 1. The zero-order valence-corrected chi connectivity index (χ0v) is 14.5. The lowest BCUT2D eigenvalue weighted by Gasteiger charge is -2.12. The van der Waals surface area contributed by atoms with Crippen LogP contribution in [0.5, 0.6) is 0 Å². The third kappa shape index (κ3) is 3.49. The van der Waals surface area contributed by atoms with Crippen molar-refractivity contribution >= 4 is 28.2 Å². The molecule has 0 bridgehead atoms. The molecule has 0 saturated carbocycles. The summed E-state index contributed by atoms with van der Waals surface area (Å²) in [5.74, 6) is -0.347. The van der Waals surface area contributed by atoms with Crippen LogP contribution in [0.4, 0.5) is 11.4 Å². The predicted octanol–water partition coefficient (Wildman–Crippen LogP) is 1.39. The molecule has 0 amide bonds. The Morgan fingerprint density at radius 3 is 2.58 bits per heavy atom. The highest BCUT2D eigenvalue weighted by molar-refractivity contribution is 5.96. The highest BCUT2D eigenvalue weighted by Gasteiger charge is 2.09. The van der Waals surface area contributed by atoms with Gasteiger partial charge >= 0.3 is 5.97 Å². The number of nitrogens with one attached hydrogen (secondary N) is 1. The Balaban J connectivity index is 0.00000208. The second-order valence-corrected chi connectivity index (χ2v) is 5.48. The normalized spacial score (nSPS) is 10.1. The van der Waals surface area contributed by atoms with E-state index in [4.69, 9.17) is 4.74 Å². The van der Waals surface area contributed by atoms with Crippen LogP contribution in [0.15, 0.2) is 48.5 Å². The number of esters is 1. The van der Waals surface area contributed by atoms with Crippen LogP contribution >= 0.6 is 0 Å². The molecular weight excluding hydrogens is 324 g/mol. The van der Waals surface area contributed by atoms with Gasteiger partial charge in [0.1, 0.15) is 0 Å². The van der Waals surface area contributed by atoms with E-state index in [0.717, 1.165) is 33.5 Å². The lowest BCUT2D eigenvalue weighted by molar-refractivity contribution is -0.0000193. The van der Waals surface area contributed by atoms with Gasteiger partial charge in [0, 0.05) is 22.5 Å². The minimum atomic E-state index is -0.347. The van der Waals surface area contributed by atoms with E-state index in [9.17, 15) is 4.79 Å². The SMILES string of the molecule is COC(=O)c1cccc(Nc2cc(C)nc3c(C)cccc23)c1.[Cl-]. The molecule has 1 N–H and O–H groups in total. The van der Waals surface area contributed by atoms with Crippen molar-refractivity contribution < 1.29 is 21.9 Å². The van der Waals surface area contributed by atoms with E-state index in [1.807, 2.05) is 37.3 Å². The number of fused-ring (bicyclic) bond motifs is 1. The van der Waals surface area contributed by atoms with Gasteiger partial charge in [-0.2, -0.15) is 0 Å². The van der Waals surface area contributed by atoms with Gasteiger partial charge in [-0.3, -0.25) is 4.98 Å². The Labute approximate surface area is 147 Å². The third-order valence-electron chi connectivity index (χ3n) is 3.73. The van der Waals surface area contributed by atoms with Crippen LogP contribution in [0.25, 0.3) is 10.9 Å². The zero-order valence-electron chi connectivity index (χ0n) is 13.8. The standard InChI is InChI=1S/C19H18N2O2.ClH/c1-12-6-4-9-16-17(10-13(2)20-18(12)16)21-15-8-5-7-14(11-15)19(22)23-3;/h4-11H,1-3H3,(H,20,21);1H/p-1. The summed E-state index contributed by atoms with van der Waals surface area (Å²) in [6.45, 7) is 4.03. The first-order valence-electron chi connectivity index (χ1n) is 7.41. The van der Waals surface area contributed by atoms with E-state index in [1.165, 1.54) is 7.11 Å². The highest BCUT2D eigenvalue weighted by atomic mass is 35.5. The maximum absolute atomic E-state index is 11.7. The van der Waals surface area contributed by atoms with Crippen molar-refractivity contribution in [2.75, 3.05) is 12.4 Å². The summed E-state index contributed by atoms with van der Waals surface area (Å²) in [6.07, 6.45) is 0. The number of benzene rings is 2. The van der Waals surface area contributed by atoms with Gasteiger partial charge in [0.25, 0.3) is 0 Å². The number of methoxy groups -OCH3 is 1. The number of hydrogen-bond donors (Lipinski definition) is 1. The lowest BCUT2D eigenvalue weighted by Crippen LogP contribution is -3.00. The summed E-state index contributed by atoms with van der Waals surface area (Å²) in [7, 11) is 1.38. The summed E-state index contributed by atoms with van der Waals surface area (Å²) in [4.78, 5) is 16.3. The van der Waals surface area contributed by atoms with E-state index < -0.39 is 0 Å². The van der Waals surface area contributed by atoms with E-state index in [2.05, 4.69) is 23.3 Å². The van der Waals surface area contributed by atoms with Crippen molar-refractivity contribution in [2.24, 2.45) is 0 Å². The fourth-order valence-electron chi connectivity index (χ4n) is 2.62. The summed E-state index contributed by atoms with van der Waals surface area (Å²) in [5.41, 5.74) is 5.39. The Kier molecular flexibility index (Phi) is 5.42. The molecule has 3 aromatic rings. The number of aromatic nitrogens is 1. The number of ether oxygens (including phenoxy) is 1. The molecule has 3 rings (SSSR count).